The molecule has 1 unspecified atom stereocenters. The Morgan fingerprint density at radius 1 is 1.03 bits per heavy atom. The maximum absolute atomic E-state index is 13.6. The molecule has 0 saturated heterocycles. The minimum atomic E-state index is -0.926. The van der Waals surface area contributed by atoms with E-state index in [1.54, 1.807) is 81.8 Å². The van der Waals surface area contributed by atoms with Crippen LogP contribution in [-0.2, 0) is 4.79 Å². The van der Waals surface area contributed by atoms with Gasteiger partial charge in [0.25, 0.3) is 11.6 Å². The lowest BCUT2D eigenvalue weighted by Gasteiger charge is -2.28. The fraction of sp³-hybridized carbons (Fsp3) is 0.148. The molecule has 0 bridgehead atoms. The number of nitro benzene ring substituents is 1. The summed E-state index contributed by atoms with van der Waals surface area (Å²) in [5.74, 6) is 1.33. The first-order chi connectivity index (χ1) is 18.4. The van der Waals surface area contributed by atoms with E-state index in [1.165, 1.54) is 10.7 Å². The first kappa shape index (κ1) is 24.5. The summed E-state index contributed by atoms with van der Waals surface area (Å²) < 4.78 is 12.3. The lowest BCUT2D eigenvalue weighted by Crippen LogP contribution is -2.31. The number of aromatic nitrogens is 3. The van der Waals surface area contributed by atoms with Gasteiger partial charge in [-0.3, -0.25) is 14.9 Å². The number of carbonyl (C=O) groups is 1. The molecule has 0 spiro atoms. The van der Waals surface area contributed by atoms with Crippen molar-refractivity contribution in [3.63, 3.8) is 0 Å². The van der Waals surface area contributed by atoms with Gasteiger partial charge in [-0.2, -0.15) is 4.98 Å². The molecule has 1 aliphatic rings. The number of nitrogens with one attached hydrogen (secondary N) is 2. The zero-order chi connectivity index (χ0) is 26.8. The van der Waals surface area contributed by atoms with Gasteiger partial charge in [0, 0.05) is 29.1 Å². The van der Waals surface area contributed by atoms with E-state index < -0.39 is 16.9 Å². The molecule has 11 heteroatoms. The van der Waals surface area contributed by atoms with Gasteiger partial charge in [-0.25, -0.2) is 4.68 Å². The molecule has 3 aromatic carbocycles. The molecule has 1 amide bonds. The molecule has 1 atom stereocenters. The molecule has 0 radical (unpaired) electrons. The Bertz CT molecular complexity index is 1540. The number of nitrogens with zero attached hydrogens (tertiary/aromatic N) is 4. The van der Waals surface area contributed by atoms with Crippen LogP contribution in [0.2, 0.25) is 0 Å². The summed E-state index contributed by atoms with van der Waals surface area (Å²) in [6, 6.07) is 19.6. The Balaban J connectivity index is 1.67. The zero-order valence-corrected chi connectivity index (χ0v) is 20.8. The van der Waals surface area contributed by atoms with Gasteiger partial charge in [0.15, 0.2) is 5.82 Å². The first-order valence-electron chi connectivity index (χ1n) is 11.7. The summed E-state index contributed by atoms with van der Waals surface area (Å²) in [5.41, 5.74) is 2.14. The minimum absolute atomic E-state index is 0.136. The predicted molar refractivity (Wildman–Crippen MR) is 141 cm³/mol. The highest BCUT2D eigenvalue weighted by Crippen LogP contribution is 2.40. The number of carbonyl (C=O) groups excluding carboxylic acids is 1. The standard InChI is InChI=1S/C27H24N6O5/c1-16-23(26(34)29-18-9-5-4-6-10-18)24(21-11-7-8-12-22(21)33(35)36)32-27(28-16)30-25(31-32)17-13-19(37-2)15-20(14-17)38-3/h4-15,24H,1-3H3,(H,29,34)(H,28,30,31). The molecule has 2 N–H and O–H groups in total. The van der Waals surface area contributed by atoms with Crippen LogP contribution in [0, 0.1) is 10.1 Å². The number of allylic oxidation sites excluding steroid dienone is 1. The minimum Gasteiger partial charge on any atom is -0.497 e. The van der Waals surface area contributed by atoms with Crippen molar-refractivity contribution < 1.29 is 19.2 Å². The van der Waals surface area contributed by atoms with Crippen molar-refractivity contribution in [2.75, 3.05) is 24.9 Å². The Hall–Kier alpha value is -5.19. The van der Waals surface area contributed by atoms with Crippen LogP contribution in [0.25, 0.3) is 11.4 Å². The summed E-state index contributed by atoms with van der Waals surface area (Å²) in [6.45, 7) is 1.73. The molecule has 1 aliphatic heterocycles. The summed E-state index contributed by atoms with van der Waals surface area (Å²) in [7, 11) is 3.09. The second-order valence-corrected chi connectivity index (χ2v) is 8.51. The number of methoxy groups -OCH3 is 2. The van der Waals surface area contributed by atoms with Crippen LogP contribution in [0.5, 0.6) is 11.5 Å². The summed E-state index contributed by atoms with van der Waals surface area (Å²) in [4.78, 5) is 29.8. The average molecular weight is 513 g/mol. The number of amides is 1. The van der Waals surface area contributed by atoms with Gasteiger partial charge in [-0.1, -0.05) is 30.3 Å². The number of hydrogen-bond donors (Lipinski definition) is 2. The van der Waals surface area contributed by atoms with Crippen LogP contribution in [0.4, 0.5) is 17.3 Å². The topological polar surface area (TPSA) is 133 Å². The van der Waals surface area contributed by atoms with Crippen LogP contribution < -0.4 is 20.1 Å². The fourth-order valence-corrected chi connectivity index (χ4v) is 4.40. The van der Waals surface area contributed by atoms with E-state index in [1.807, 2.05) is 6.07 Å². The molecule has 4 aromatic rings. The third kappa shape index (κ3) is 4.52. The molecule has 0 saturated carbocycles. The predicted octanol–water partition coefficient (Wildman–Crippen LogP) is 4.80. The van der Waals surface area contributed by atoms with Crippen LogP contribution >= 0.6 is 0 Å². The molecule has 1 aromatic heterocycles. The Morgan fingerprint density at radius 2 is 1.68 bits per heavy atom. The Labute approximate surface area is 217 Å². The van der Waals surface area contributed by atoms with E-state index in [4.69, 9.17) is 14.6 Å². The van der Waals surface area contributed by atoms with Crippen molar-refractivity contribution in [2.24, 2.45) is 0 Å². The molecule has 38 heavy (non-hydrogen) atoms. The van der Waals surface area contributed by atoms with Crippen molar-refractivity contribution in [2.45, 2.75) is 13.0 Å². The zero-order valence-electron chi connectivity index (χ0n) is 20.8. The van der Waals surface area contributed by atoms with Crippen molar-refractivity contribution in [3.05, 3.63) is 99.7 Å². The van der Waals surface area contributed by atoms with Gasteiger partial charge in [0.05, 0.1) is 30.3 Å². The maximum atomic E-state index is 13.6. The van der Waals surface area contributed by atoms with E-state index in [2.05, 4.69) is 15.6 Å². The molecular weight excluding hydrogens is 488 g/mol. The SMILES string of the molecule is COc1cc(OC)cc(-c2nc3n(n2)C(c2ccccc2[N+](=O)[O-])C(C(=O)Nc2ccccc2)=C(C)N3)c1. The van der Waals surface area contributed by atoms with Gasteiger partial charge in [0.2, 0.25) is 5.95 Å². The summed E-state index contributed by atoms with van der Waals surface area (Å²) in [6.07, 6.45) is 0. The van der Waals surface area contributed by atoms with E-state index in [-0.39, 0.29) is 11.3 Å². The van der Waals surface area contributed by atoms with Gasteiger partial charge in [0.1, 0.15) is 17.5 Å². The molecule has 5 rings (SSSR count). The molecular formula is C27H24N6O5. The molecule has 0 fully saturated rings. The highest BCUT2D eigenvalue weighted by molar-refractivity contribution is 6.06. The normalized spacial score (nSPS) is 14.3. The van der Waals surface area contributed by atoms with Gasteiger partial charge in [-0.05, 0) is 37.3 Å². The van der Waals surface area contributed by atoms with Crippen LogP contribution in [0.3, 0.4) is 0 Å². The monoisotopic (exact) mass is 512 g/mol. The number of nitro groups is 1. The van der Waals surface area contributed by atoms with Crippen molar-refractivity contribution in [3.8, 4) is 22.9 Å². The smallest absolute Gasteiger partial charge is 0.275 e. The van der Waals surface area contributed by atoms with Gasteiger partial charge >= 0.3 is 0 Å². The summed E-state index contributed by atoms with van der Waals surface area (Å²) in [5, 5.41) is 22.7. The molecule has 192 valence electrons. The second-order valence-electron chi connectivity index (χ2n) is 8.51. The highest BCUT2D eigenvalue weighted by Gasteiger charge is 2.38. The lowest BCUT2D eigenvalue weighted by atomic mass is 9.93. The van der Waals surface area contributed by atoms with Crippen LogP contribution in [-0.4, -0.2) is 39.8 Å². The van der Waals surface area contributed by atoms with Crippen molar-refractivity contribution in [1.82, 2.24) is 14.8 Å². The third-order valence-corrected chi connectivity index (χ3v) is 6.17. The second kappa shape index (κ2) is 10.1. The van der Waals surface area contributed by atoms with E-state index in [0.29, 0.717) is 45.8 Å². The molecule has 11 nitrogen and oxygen atoms in total. The van der Waals surface area contributed by atoms with Crippen molar-refractivity contribution in [1.29, 1.82) is 0 Å². The van der Waals surface area contributed by atoms with Crippen LogP contribution in [0.1, 0.15) is 18.5 Å². The number of fused-ring (bicyclic) bond motifs is 1. The van der Waals surface area contributed by atoms with E-state index in [0.717, 1.165) is 0 Å². The quantitative estimate of drug-likeness (QED) is 0.267. The highest BCUT2D eigenvalue weighted by atomic mass is 16.6. The van der Waals surface area contributed by atoms with Gasteiger partial charge < -0.3 is 20.1 Å². The van der Waals surface area contributed by atoms with Gasteiger partial charge in [-0.15, -0.1) is 5.10 Å². The fourth-order valence-electron chi connectivity index (χ4n) is 4.40. The van der Waals surface area contributed by atoms with E-state index in [9.17, 15) is 14.9 Å². The molecule has 2 heterocycles. The number of para-hydroxylation sites is 2. The first-order valence-corrected chi connectivity index (χ1v) is 11.7. The average Bonchev–Trinajstić information content (AvgIpc) is 3.36. The Kier molecular flexibility index (Phi) is 6.48. The largest absolute Gasteiger partial charge is 0.497 e. The number of hydrogen-bond acceptors (Lipinski definition) is 8. The number of ether oxygens (including phenoxy) is 2. The summed E-state index contributed by atoms with van der Waals surface area (Å²) >= 11 is 0. The number of rotatable bonds is 7. The molecule has 0 aliphatic carbocycles. The lowest BCUT2D eigenvalue weighted by molar-refractivity contribution is -0.385. The van der Waals surface area contributed by atoms with E-state index >= 15 is 0 Å². The maximum Gasteiger partial charge on any atom is 0.275 e. The van der Waals surface area contributed by atoms with Crippen molar-refractivity contribution >= 4 is 23.2 Å². The van der Waals surface area contributed by atoms with Crippen LogP contribution in [0.15, 0.2) is 84.1 Å². The Morgan fingerprint density at radius 3 is 2.34 bits per heavy atom. The third-order valence-electron chi connectivity index (χ3n) is 6.17. The number of benzene rings is 3. The number of anilines is 2.